The smallest absolute Gasteiger partial charge is 0.242 e. The summed E-state index contributed by atoms with van der Waals surface area (Å²) < 4.78 is 30.7. The molecule has 0 fully saturated rings. The molecule has 0 atom stereocenters. The van der Waals surface area contributed by atoms with Crippen LogP contribution < -0.4 is 4.72 Å². The number of nitrogens with one attached hydrogen (secondary N) is 1. The second-order valence-electron chi connectivity index (χ2n) is 3.11. The van der Waals surface area contributed by atoms with Gasteiger partial charge < -0.3 is 4.74 Å². The molecule has 0 aliphatic carbocycles. The number of nitrogens with zero attached hydrogens (tertiary/aromatic N) is 1. The van der Waals surface area contributed by atoms with Crippen LogP contribution in [0.5, 0.6) is 0 Å². The Bertz CT molecular complexity index is 459. The molecule has 7 heteroatoms. The molecule has 1 aromatic heterocycles. The van der Waals surface area contributed by atoms with Gasteiger partial charge in [-0.3, -0.25) is 0 Å². The first-order valence-corrected chi connectivity index (χ1v) is 6.76. The van der Waals surface area contributed by atoms with E-state index in [9.17, 15) is 8.42 Å². The van der Waals surface area contributed by atoms with Crippen molar-refractivity contribution in [1.29, 1.82) is 0 Å². The van der Waals surface area contributed by atoms with Crippen LogP contribution in [-0.2, 0) is 14.8 Å². The molecule has 1 heterocycles. The highest BCUT2D eigenvalue weighted by atomic mass is 35.5. The van der Waals surface area contributed by atoms with Crippen LogP contribution in [0.2, 0.25) is 5.15 Å². The third-order valence-electron chi connectivity index (χ3n) is 1.86. The lowest BCUT2D eigenvalue weighted by Crippen LogP contribution is -2.25. The molecule has 94 valence electrons. The Kier molecular flexibility index (Phi) is 5.40. The molecule has 1 rings (SSSR count). The maximum atomic E-state index is 11.7. The van der Waals surface area contributed by atoms with E-state index in [1.54, 1.807) is 0 Å². The maximum Gasteiger partial charge on any atom is 0.242 e. The van der Waals surface area contributed by atoms with Crippen molar-refractivity contribution < 1.29 is 13.2 Å². The van der Waals surface area contributed by atoms with Gasteiger partial charge in [0.05, 0.1) is 12.9 Å². The van der Waals surface area contributed by atoms with E-state index in [1.807, 2.05) is 0 Å². The molecular weight excluding hydrogens is 264 g/mol. The summed E-state index contributed by atoms with van der Waals surface area (Å²) in [4.78, 5) is 3.80. The normalized spacial score (nSPS) is 11.1. The Morgan fingerprint density at radius 3 is 2.88 bits per heavy atom. The van der Waals surface area contributed by atoms with E-state index in [0.717, 1.165) is 0 Å². The van der Waals surface area contributed by atoms with Gasteiger partial charge in [0, 0.05) is 12.7 Å². The van der Waals surface area contributed by atoms with Gasteiger partial charge in [0.1, 0.15) is 10.0 Å². The van der Waals surface area contributed by atoms with E-state index < -0.39 is 10.0 Å². The zero-order valence-electron chi connectivity index (χ0n) is 9.10. The molecule has 0 bridgehead atoms. The molecule has 0 spiro atoms. The number of aromatic nitrogens is 1. The van der Waals surface area contributed by atoms with Gasteiger partial charge in [0.25, 0.3) is 0 Å². The molecule has 17 heavy (non-hydrogen) atoms. The summed E-state index contributed by atoms with van der Waals surface area (Å²) in [5, 5.41) is 0.253. The third-order valence-corrected chi connectivity index (χ3v) is 3.53. The van der Waals surface area contributed by atoms with Crippen molar-refractivity contribution in [2.75, 3.05) is 13.2 Å². The fraction of sp³-hybridized carbons (Fsp3) is 0.300. The lowest BCUT2D eigenvalue weighted by Gasteiger charge is -2.06. The first kappa shape index (κ1) is 14.0. The highest BCUT2D eigenvalue weighted by molar-refractivity contribution is 7.89. The second kappa shape index (κ2) is 6.58. The van der Waals surface area contributed by atoms with Crippen LogP contribution in [0.25, 0.3) is 0 Å². The molecule has 1 aromatic rings. The predicted molar refractivity (Wildman–Crippen MR) is 65.2 cm³/mol. The van der Waals surface area contributed by atoms with Crippen LogP contribution in [0.1, 0.15) is 6.42 Å². The van der Waals surface area contributed by atoms with Crippen molar-refractivity contribution in [2.45, 2.75) is 11.3 Å². The second-order valence-corrected chi connectivity index (χ2v) is 5.26. The van der Waals surface area contributed by atoms with Crippen molar-refractivity contribution in [3.63, 3.8) is 0 Å². The largest absolute Gasteiger partial charge is 0.502 e. The van der Waals surface area contributed by atoms with Crippen LogP contribution in [-0.4, -0.2) is 26.6 Å². The zero-order valence-corrected chi connectivity index (χ0v) is 10.7. The van der Waals surface area contributed by atoms with Gasteiger partial charge in [-0.15, -0.1) is 0 Å². The van der Waals surface area contributed by atoms with E-state index >= 15 is 0 Å². The Morgan fingerprint density at radius 2 is 2.29 bits per heavy atom. The summed E-state index contributed by atoms with van der Waals surface area (Å²) in [5.41, 5.74) is 0. The molecule has 0 aromatic carbocycles. The Hall–Kier alpha value is -1.11. The van der Waals surface area contributed by atoms with Crippen molar-refractivity contribution in [3.05, 3.63) is 36.3 Å². The number of rotatable bonds is 7. The summed E-state index contributed by atoms with van der Waals surface area (Å²) in [5.74, 6) is 0. The summed E-state index contributed by atoms with van der Waals surface area (Å²) in [6.45, 7) is 4.09. The SMILES string of the molecule is C=COCCCNS(=O)(=O)c1ccc(Cl)nc1. The minimum atomic E-state index is -3.52. The van der Waals surface area contributed by atoms with E-state index in [0.29, 0.717) is 19.6 Å². The number of pyridine rings is 1. The minimum absolute atomic E-state index is 0.0894. The van der Waals surface area contributed by atoms with Gasteiger partial charge >= 0.3 is 0 Å². The zero-order chi connectivity index (χ0) is 12.7. The van der Waals surface area contributed by atoms with Gasteiger partial charge in [-0.25, -0.2) is 18.1 Å². The van der Waals surface area contributed by atoms with Crippen molar-refractivity contribution in [3.8, 4) is 0 Å². The molecule has 0 aliphatic heterocycles. The first-order chi connectivity index (χ1) is 8.06. The van der Waals surface area contributed by atoms with Crippen LogP contribution >= 0.6 is 11.6 Å². The van der Waals surface area contributed by atoms with Gasteiger partial charge in [-0.05, 0) is 18.6 Å². The molecule has 5 nitrogen and oxygen atoms in total. The number of hydrogen-bond donors (Lipinski definition) is 1. The van der Waals surface area contributed by atoms with Gasteiger partial charge in [-0.2, -0.15) is 0 Å². The first-order valence-electron chi connectivity index (χ1n) is 4.90. The van der Waals surface area contributed by atoms with Crippen LogP contribution in [0.3, 0.4) is 0 Å². The van der Waals surface area contributed by atoms with Gasteiger partial charge in [-0.1, -0.05) is 18.2 Å². The highest BCUT2D eigenvalue weighted by Gasteiger charge is 2.13. The number of halogens is 1. The summed E-state index contributed by atoms with van der Waals surface area (Å²) in [6.07, 6.45) is 3.09. The third kappa shape index (κ3) is 4.72. The maximum absolute atomic E-state index is 11.7. The molecule has 1 N–H and O–H groups in total. The Morgan fingerprint density at radius 1 is 1.53 bits per heavy atom. The van der Waals surface area contributed by atoms with Crippen LogP contribution in [0.15, 0.2) is 36.1 Å². The number of hydrogen-bond acceptors (Lipinski definition) is 4. The highest BCUT2D eigenvalue weighted by Crippen LogP contribution is 2.10. The summed E-state index contributed by atoms with van der Waals surface area (Å²) >= 11 is 5.57. The van der Waals surface area contributed by atoms with Crippen molar-refractivity contribution >= 4 is 21.6 Å². The molecule has 0 saturated heterocycles. The Labute approximate surface area is 106 Å². The fourth-order valence-electron chi connectivity index (χ4n) is 1.05. The lowest BCUT2D eigenvalue weighted by atomic mass is 10.5. The van der Waals surface area contributed by atoms with Crippen molar-refractivity contribution in [1.82, 2.24) is 9.71 Å². The molecular formula is C10H13ClN2O3S. The minimum Gasteiger partial charge on any atom is -0.502 e. The lowest BCUT2D eigenvalue weighted by molar-refractivity contribution is 0.247. The van der Waals surface area contributed by atoms with E-state index in [-0.39, 0.29) is 10.0 Å². The standard InChI is InChI=1S/C10H13ClN2O3S/c1-2-16-7-3-6-13-17(14,15)9-4-5-10(11)12-8-9/h2,4-5,8,13H,1,3,6-7H2. The van der Waals surface area contributed by atoms with Crippen molar-refractivity contribution in [2.24, 2.45) is 0 Å². The fourth-order valence-corrected chi connectivity index (χ4v) is 2.18. The quantitative estimate of drug-likeness (QED) is 0.466. The Balaban J connectivity index is 2.51. The van der Waals surface area contributed by atoms with E-state index in [1.165, 1.54) is 24.6 Å². The monoisotopic (exact) mass is 276 g/mol. The number of sulfonamides is 1. The molecule has 0 amide bonds. The molecule has 0 saturated carbocycles. The molecule has 0 radical (unpaired) electrons. The van der Waals surface area contributed by atoms with E-state index in [2.05, 4.69) is 16.3 Å². The average Bonchev–Trinajstić information content (AvgIpc) is 2.29. The number of ether oxygens (including phenoxy) is 1. The summed E-state index contributed by atoms with van der Waals surface area (Å²) in [6, 6.07) is 2.83. The molecule has 0 aliphatic rings. The molecule has 0 unspecified atom stereocenters. The van der Waals surface area contributed by atoms with Gasteiger partial charge in [0.2, 0.25) is 10.0 Å². The predicted octanol–water partition coefficient (Wildman–Crippen LogP) is 1.56. The topological polar surface area (TPSA) is 68.3 Å². The van der Waals surface area contributed by atoms with E-state index in [4.69, 9.17) is 16.3 Å². The van der Waals surface area contributed by atoms with Gasteiger partial charge in [0.15, 0.2) is 0 Å². The average molecular weight is 277 g/mol. The van der Waals surface area contributed by atoms with Crippen LogP contribution in [0.4, 0.5) is 0 Å². The summed E-state index contributed by atoms with van der Waals surface area (Å²) in [7, 11) is -3.52. The van der Waals surface area contributed by atoms with Crippen LogP contribution in [0, 0.1) is 0 Å².